The summed E-state index contributed by atoms with van der Waals surface area (Å²) in [6, 6.07) is 0. The molecule has 2 aliphatic rings. The van der Waals surface area contributed by atoms with Crippen LogP contribution >= 0.6 is 22.9 Å². The first-order chi connectivity index (χ1) is 11.3. The Morgan fingerprint density at radius 3 is 2.83 bits per heavy atom. The first-order valence-corrected chi connectivity index (χ1v) is 9.90. The van der Waals surface area contributed by atoms with Crippen molar-refractivity contribution in [3.63, 3.8) is 0 Å². The third kappa shape index (κ3) is 3.24. The number of halogens is 1. The summed E-state index contributed by atoms with van der Waals surface area (Å²) in [5.74, 6) is 0.941. The highest BCUT2D eigenvalue weighted by atomic mass is 35.5. The van der Waals surface area contributed by atoms with Crippen molar-refractivity contribution < 1.29 is 0 Å². The average molecular weight is 348 g/mol. The van der Waals surface area contributed by atoms with Crippen molar-refractivity contribution in [3.05, 3.63) is 27.4 Å². The first-order valence-electron chi connectivity index (χ1n) is 8.71. The molecular weight excluding hydrogens is 326 g/mol. The first kappa shape index (κ1) is 15.4. The second kappa shape index (κ2) is 6.78. The fourth-order valence-electron chi connectivity index (χ4n) is 3.73. The summed E-state index contributed by atoms with van der Waals surface area (Å²) in [5, 5.41) is 5.13. The van der Waals surface area contributed by atoms with E-state index in [1.165, 1.54) is 60.8 Å². The quantitative estimate of drug-likeness (QED) is 0.584. The molecule has 2 aliphatic carbocycles. The summed E-state index contributed by atoms with van der Waals surface area (Å²) in [7, 11) is 0. The molecule has 3 nitrogen and oxygen atoms in total. The van der Waals surface area contributed by atoms with Crippen LogP contribution in [0.4, 0.5) is 5.82 Å². The minimum absolute atomic E-state index is 0.357. The van der Waals surface area contributed by atoms with Gasteiger partial charge in [0.1, 0.15) is 10.6 Å². The summed E-state index contributed by atoms with van der Waals surface area (Å²) in [6.07, 6.45) is 13.6. The van der Waals surface area contributed by atoms with E-state index in [-0.39, 0.29) is 0 Å². The van der Waals surface area contributed by atoms with Crippen LogP contribution in [0.2, 0.25) is 5.28 Å². The van der Waals surface area contributed by atoms with E-state index >= 15 is 0 Å². The number of hydrogen-bond acceptors (Lipinski definition) is 4. The van der Waals surface area contributed by atoms with Crippen LogP contribution < -0.4 is 5.32 Å². The minimum Gasteiger partial charge on any atom is -0.369 e. The van der Waals surface area contributed by atoms with Gasteiger partial charge in [-0.2, -0.15) is 0 Å². The number of nitrogens with zero attached hydrogens (tertiary/aromatic N) is 2. The largest absolute Gasteiger partial charge is 0.369 e. The monoisotopic (exact) mass is 347 g/mol. The van der Waals surface area contributed by atoms with Gasteiger partial charge in [-0.15, -0.1) is 11.3 Å². The zero-order chi connectivity index (χ0) is 15.6. The van der Waals surface area contributed by atoms with E-state index in [0.29, 0.717) is 5.28 Å². The predicted molar refractivity (Wildman–Crippen MR) is 98.7 cm³/mol. The molecule has 0 bridgehead atoms. The van der Waals surface area contributed by atoms with Gasteiger partial charge in [-0.1, -0.05) is 11.6 Å². The van der Waals surface area contributed by atoms with E-state index in [1.807, 2.05) is 0 Å². The molecule has 0 saturated heterocycles. The predicted octanol–water partition coefficient (Wildman–Crippen LogP) is 5.53. The van der Waals surface area contributed by atoms with E-state index in [4.69, 9.17) is 11.6 Å². The van der Waals surface area contributed by atoms with Crippen molar-refractivity contribution >= 4 is 39.0 Å². The summed E-state index contributed by atoms with van der Waals surface area (Å²) < 4.78 is 0. The molecular formula is C18H22ClN3S. The van der Waals surface area contributed by atoms with Crippen molar-refractivity contribution in [1.82, 2.24) is 9.97 Å². The maximum absolute atomic E-state index is 6.15. The van der Waals surface area contributed by atoms with Crippen molar-refractivity contribution in [2.75, 3.05) is 11.9 Å². The Kier molecular flexibility index (Phi) is 4.54. The Labute approximate surface area is 146 Å². The number of hydrogen-bond donors (Lipinski definition) is 1. The molecule has 2 heterocycles. The highest BCUT2D eigenvalue weighted by molar-refractivity contribution is 7.19. The van der Waals surface area contributed by atoms with Crippen LogP contribution in [0.5, 0.6) is 0 Å². The van der Waals surface area contributed by atoms with E-state index in [1.54, 1.807) is 16.9 Å². The Bertz CT molecular complexity index is 750. The highest BCUT2D eigenvalue weighted by Crippen LogP contribution is 2.39. The lowest BCUT2D eigenvalue weighted by molar-refractivity contribution is 0.679. The fourth-order valence-corrected chi connectivity index (χ4v) is 5.21. The fraction of sp³-hybridized carbons (Fsp3) is 0.556. The minimum atomic E-state index is 0.357. The second-order valence-electron chi connectivity index (χ2n) is 6.52. The third-order valence-corrected chi connectivity index (χ3v) is 6.27. The molecule has 1 N–H and O–H groups in total. The summed E-state index contributed by atoms with van der Waals surface area (Å²) >= 11 is 7.95. The smallest absolute Gasteiger partial charge is 0.225 e. The average Bonchev–Trinajstić information content (AvgIpc) is 2.93. The summed E-state index contributed by atoms with van der Waals surface area (Å²) in [4.78, 5) is 11.5. The number of allylic oxidation sites excluding steroid dienone is 1. The van der Waals surface area contributed by atoms with E-state index in [9.17, 15) is 0 Å². The van der Waals surface area contributed by atoms with Gasteiger partial charge in [-0.25, -0.2) is 9.97 Å². The van der Waals surface area contributed by atoms with Crippen LogP contribution in [-0.2, 0) is 12.8 Å². The summed E-state index contributed by atoms with van der Waals surface area (Å²) in [5.41, 5.74) is 3.06. The Morgan fingerprint density at radius 1 is 1.09 bits per heavy atom. The molecule has 4 rings (SSSR count). The van der Waals surface area contributed by atoms with Gasteiger partial charge in [0.25, 0.3) is 0 Å². The number of anilines is 1. The standard InChI is InChI=1S/C18H22ClN3S/c19-18-21-16(20-11-10-12-6-2-1-3-7-12)15-13-8-4-5-9-14(13)23-17(15)22-18/h6H,1-5,7-11H2,(H,20,21,22). The molecule has 0 saturated carbocycles. The van der Waals surface area contributed by atoms with Gasteiger partial charge in [-0.3, -0.25) is 0 Å². The maximum Gasteiger partial charge on any atom is 0.225 e. The maximum atomic E-state index is 6.15. The molecule has 5 heteroatoms. The van der Waals surface area contributed by atoms with Crippen LogP contribution in [0.1, 0.15) is 55.4 Å². The Morgan fingerprint density at radius 2 is 1.96 bits per heavy atom. The van der Waals surface area contributed by atoms with Gasteiger partial charge in [0.05, 0.1) is 5.39 Å². The zero-order valence-electron chi connectivity index (χ0n) is 13.3. The van der Waals surface area contributed by atoms with Crippen molar-refractivity contribution in [2.45, 2.75) is 57.8 Å². The molecule has 2 aromatic heterocycles. The molecule has 0 aromatic carbocycles. The molecule has 0 aliphatic heterocycles. The molecule has 0 amide bonds. The van der Waals surface area contributed by atoms with Gasteiger partial charge in [0.15, 0.2) is 0 Å². The number of thiophene rings is 1. The normalized spacial score (nSPS) is 17.9. The number of rotatable bonds is 4. The highest BCUT2D eigenvalue weighted by Gasteiger charge is 2.20. The molecule has 0 fully saturated rings. The third-order valence-electron chi connectivity index (χ3n) is 4.91. The molecule has 0 radical (unpaired) electrons. The van der Waals surface area contributed by atoms with Crippen LogP contribution in [-0.4, -0.2) is 16.5 Å². The SMILES string of the molecule is Clc1nc(NCCC2=CCCCC2)c2c3c(sc2n1)CCCC3. The lowest BCUT2D eigenvalue weighted by Crippen LogP contribution is -2.08. The Balaban J connectivity index is 1.58. The van der Waals surface area contributed by atoms with E-state index < -0.39 is 0 Å². The molecule has 2 aromatic rings. The van der Waals surface area contributed by atoms with Crippen LogP contribution in [0.3, 0.4) is 0 Å². The lowest BCUT2D eigenvalue weighted by Gasteiger charge is -2.15. The Hall–Kier alpha value is -1.13. The summed E-state index contributed by atoms with van der Waals surface area (Å²) in [6.45, 7) is 0.929. The zero-order valence-corrected chi connectivity index (χ0v) is 14.9. The molecule has 0 unspecified atom stereocenters. The van der Waals surface area contributed by atoms with Gasteiger partial charge < -0.3 is 5.32 Å². The van der Waals surface area contributed by atoms with Gasteiger partial charge in [-0.05, 0) is 75.0 Å². The van der Waals surface area contributed by atoms with Crippen molar-refractivity contribution in [1.29, 1.82) is 0 Å². The van der Waals surface area contributed by atoms with Gasteiger partial charge in [0, 0.05) is 11.4 Å². The number of fused-ring (bicyclic) bond motifs is 3. The van der Waals surface area contributed by atoms with E-state index in [2.05, 4.69) is 21.4 Å². The number of nitrogens with one attached hydrogen (secondary N) is 1. The molecule has 122 valence electrons. The van der Waals surface area contributed by atoms with Crippen LogP contribution in [0.15, 0.2) is 11.6 Å². The van der Waals surface area contributed by atoms with E-state index in [0.717, 1.165) is 30.0 Å². The number of aromatic nitrogens is 2. The molecule has 0 spiro atoms. The second-order valence-corrected chi connectivity index (χ2v) is 7.94. The van der Waals surface area contributed by atoms with Gasteiger partial charge >= 0.3 is 0 Å². The lowest BCUT2D eigenvalue weighted by atomic mass is 9.96. The molecule has 23 heavy (non-hydrogen) atoms. The molecule has 0 atom stereocenters. The van der Waals surface area contributed by atoms with Gasteiger partial charge in [0.2, 0.25) is 5.28 Å². The van der Waals surface area contributed by atoms with Crippen molar-refractivity contribution in [2.24, 2.45) is 0 Å². The van der Waals surface area contributed by atoms with Crippen LogP contribution in [0, 0.1) is 0 Å². The number of aryl methyl sites for hydroxylation is 2. The van der Waals surface area contributed by atoms with Crippen molar-refractivity contribution in [3.8, 4) is 0 Å². The van der Waals surface area contributed by atoms with Crippen LogP contribution in [0.25, 0.3) is 10.2 Å². The topological polar surface area (TPSA) is 37.8 Å².